The summed E-state index contributed by atoms with van der Waals surface area (Å²) in [5.74, 6) is 0. The van der Waals surface area contributed by atoms with Crippen molar-refractivity contribution in [2.45, 2.75) is 53.1 Å². The lowest BCUT2D eigenvalue weighted by Gasteiger charge is -2.19. The zero-order chi connectivity index (χ0) is 18.1. The molecule has 0 fully saturated rings. The smallest absolute Gasteiger partial charge is 0.319 e. The van der Waals surface area contributed by atoms with Crippen molar-refractivity contribution in [1.29, 1.82) is 0 Å². The van der Waals surface area contributed by atoms with Crippen LogP contribution in [0.25, 0.3) is 0 Å². The number of aromatic nitrogens is 3. The summed E-state index contributed by atoms with van der Waals surface area (Å²) in [6.45, 7) is 11.8. The minimum Gasteiger partial charge on any atom is -0.331 e. The number of hydrogen-bond donors (Lipinski definition) is 3. The maximum absolute atomic E-state index is 12.2. The largest absolute Gasteiger partial charge is 0.331 e. The van der Waals surface area contributed by atoms with Crippen molar-refractivity contribution in [3.63, 3.8) is 0 Å². The summed E-state index contributed by atoms with van der Waals surface area (Å²) in [7, 11) is 0. The third-order valence-corrected chi connectivity index (χ3v) is 3.79. The summed E-state index contributed by atoms with van der Waals surface area (Å²) >= 11 is 0. The van der Waals surface area contributed by atoms with Gasteiger partial charge in [0.2, 0.25) is 0 Å². The van der Waals surface area contributed by atoms with E-state index in [9.17, 15) is 9.59 Å². The van der Waals surface area contributed by atoms with Gasteiger partial charge in [0.15, 0.2) is 0 Å². The summed E-state index contributed by atoms with van der Waals surface area (Å²) in [4.78, 5) is 26.1. The summed E-state index contributed by atoms with van der Waals surface area (Å²) in [6, 6.07) is 1.10. The molecule has 0 saturated heterocycles. The Morgan fingerprint density at radius 3 is 2.54 bits per heavy atom. The number of amides is 2. The van der Waals surface area contributed by atoms with Gasteiger partial charge in [-0.2, -0.15) is 5.10 Å². The van der Waals surface area contributed by atoms with Crippen LogP contribution in [0.5, 0.6) is 0 Å². The van der Waals surface area contributed by atoms with E-state index in [1.165, 1.54) is 6.20 Å². The summed E-state index contributed by atoms with van der Waals surface area (Å²) in [5.41, 5.74) is 2.66. The van der Waals surface area contributed by atoms with Crippen molar-refractivity contribution in [2.75, 3.05) is 5.32 Å². The van der Waals surface area contributed by atoms with Crippen LogP contribution < -0.4 is 16.2 Å². The lowest BCUT2D eigenvalue weighted by atomic mass is 10.1. The van der Waals surface area contributed by atoms with E-state index >= 15 is 0 Å². The molecule has 0 aliphatic rings. The SMILES string of the molecule is Cc1nn(C(C)(C)C)cc1[C@@H](C)NC(=O)Nc1c[nH]c(=O)c(C)c1. The maximum atomic E-state index is 12.2. The molecule has 24 heavy (non-hydrogen) atoms. The fourth-order valence-corrected chi connectivity index (χ4v) is 2.35. The second-order valence-electron chi connectivity index (χ2n) is 7.01. The Morgan fingerprint density at radius 1 is 1.33 bits per heavy atom. The highest BCUT2D eigenvalue weighted by Crippen LogP contribution is 2.21. The van der Waals surface area contributed by atoms with Crippen molar-refractivity contribution >= 4 is 11.7 Å². The molecule has 2 amide bonds. The van der Waals surface area contributed by atoms with Crippen LogP contribution in [0.4, 0.5) is 10.5 Å². The third-order valence-electron chi connectivity index (χ3n) is 3.79. The van der Waals surface area contributed by atoms with Crippen molar-refractivity contribution in [3.8, 4) is 0 Å². The highest BCUT2D eigenvalue weighted by molar-refractivity contribution is 5.89. The number of urea groups is 1. The molecule has 2 rings (SSSR count). The van der Waals surface area contributed by atoms with E-state index < -0.39 is 0 Å². The highest BCUT2D eigenvalue weighted by atomic mass is 16.2. The number of aromatic amines is 1. The van der Waals surface area contributed by atoms with Crippen LogP contribution in [0.15, 0.2) is 23.3 Å². The van der Waals surface area contributed by atoms with E-state index in [0.717, 1.165) is 11.3 Å². The van der Waals surface area contributed by atoms with Gasteiger partial charge in [0, 0.05) is 23.5 Å². The maximum Gasteiger partial charge on any atom is 0.319 e. The van der Waals surface area contributed by atoms with Crippen LogP contribution >= 0.6 is 0 Å². The van der Waals surface area contributed by atoms with Gasteiger partial charge in [0.25, 0.3) is 5.56 Å². The predicted molar refractivity (Wildman–Crippen MR) is 94.3 cm³/mol. The molecule has 7 nitrogen and oxygen atoms in total. The zero-order valence-electron chi connectivity index (χ0n) is 15.0. The molecule has 0 aliphatic carbocycles. The van der Waals surface area contributed by atoms with Gasteiger partial charge in [-0.25, -0.2) is 4.79 Å². The molecule has 0 radical (unpaired) electrons. The Labute approximate surface area is 141 Å². The van der Waals surface area contributed by atoms with Gasteiger partial charge in [0.05, 0.1) is 23.0 Å². The number of H-pyrrole nitrogens is 1. The second-order valence-corrected chi connectivity index (χ2v) is 7.01. The summed E-state index contributed by atoms with van der Waals surface area (Å²) < 4.78 is 1.90. The molecule has 2 heterocycles. The number of anilines is 1. The summed E-state index contributed by atoms with van der Waals surface area (Å²) in [6.07, 6.45) is 3.44. The van der Waals surface area contributed by atoms with Gasteiger partial charge in [0.1, 0.15) is 0 Å². The first-order valence-corrected chi connectivity index (χ1v) is 7.91. The third kappa shape index (κ3) is 4.04. The highest BCUT2D eigenvalue weighted by Gasteiger charge is 2.20. The molecular weight excluding hydrogens is 306 g/mol. The van der Waals surface area contributed by atoms with Gasteiger partial charge in [-0.3, -0.25) is 9.48 Å². The zero-order valence-corrected chi connectivity index (χ0v) is 15.0. The first-order chi connectivity index (χ1) is 11.1. The van der Waals surface area contributed by atoms with Crippen LogP contribution in [0.3, 0.4) is 0 Å². The average Bonchev–Trinajstić information content (AvgIpc) is 2.85. The molecule has 7 heteroatoms. The molecule has 0 aromatic carbocycles. The Balaban J connectivity index is 2.07. The first-order valence-electron chi connectivity index (χ1n) is 7.91. The molecule has 0 bridgehead atoms. The lowest BCUT2D eigenvalue weighted by molar-refractivity contribution is 0.249. The number of rotatable bonds is 3. The predicted octanol–water partition coefficient (Wildman–Crippen LogP) is 2.83. The molecular formula is C17H25N5O2. The number of carbonyl (C=O) groups excluding carboxylic acids is 1. The Hall–Kier alpha value is -2.57. The fourth-order valence-electron chi connectivity index (χ4n) is 2.35. The van der Waals surface area contributed by atoms with E-state index in [1.54, 1.807) is 13.0 Å². The molecule has 3 N–H and O–H groups in total. The Morgan fingerprint density at radius 2 is 2.00 bits per heavy atom. The molecule has 0 spiro atoms. The second kappa shape index (κ2) is 6.51. The monoisotopic (exact) mass is 331 g/mol. The first kappa shape index (κ1) is 17.8. The standard InChI is InChI=1S/C17H25N5O2/c1-10-7-13(8-18-15(10)23)20-16(24)19-11(2)14-9-22(17(4,5)6)21-12(14)3/h7-9,11H,1-6H3,(H,18,23)(H2,19,20,24)/t11-/m1/s1. The van der Waals surface area contributed by atoms with Gasteiger partial charge in [-0.15, -0.1) is 0 Å². The molecule has 1 atom stereocenters. The van der Waals surface area contributed by atoms with Crippen LogP contribution in [0, 0.1) is 13.8 Å². The fraction of sp³-hybridized carbons (Fsp3) is 0.471. The Bertz CT molecular complexity index is 798. The van der Waals surface area contributed by atoms with Gasteiger partial charge < -0.3 is 15.6 Å². The number of nitrogens with zero attached hydrogens (tertiary/aromatic N) is 2. The average molecular weight is 331 g/mol. The van der Waals surface area contributed by atoms with Crippen LogP contribution in [0.2, 0.25) is 0 Å². The van der Waals surface area contributed by atoms with Gasteiger partial charge in [-0.1, -0.05) is 0 Å². The van der Waals surface area contributed by atoms with Crippen molar-refractivity contribution in [3.05, 3.63) is 45.6 Å². The number of aryl methyl sites for hydroxylation is 2. The van der Waals surface area contributed by atoms with Crippen LogP contribution in [-0.4, -0.2) is 20.8 Å². The number of carbonyl (C=O) groups is 1. The molecule has 0 saturated carbocycles. The van der Waals surface area contributed by atoms with E-state index in [2.05, 4.69) is 41.5 Å². The molecule has 2 aromatic rings. The van der Waals surface area contributed by atoms with Crippen LogP contribution in [-0.2, 0) is 5.54 Å². The quantitative estimate of drug-likeness (QED) is 0.807. The van der Waals surface area contributed by atoms with E-state index in [-0.39, 0.29) is 23.2 Å². The van der Waals surface area contributed by atoms with Crippen molar-refractivity contribution in [2.24, 2.45) is 0 Å². The normalized spacial score (nSPS) is 12.8. The minimum atomic E-state index is -0.336. The topological polar surface area (TPSA) is 91.8 Å². The van der Waals surface area contributed by atoms with Crippen LogP contribution in [0.1, 0.15) is 50.6 Å². The lowest BCUT2D eigenvalue weighted by Crippen LogP contribution is -2.31. The molecule has 2 aromatic heterocycles. The Kier molecular flexibility index (Phi) is 4.82. The molecule has 0 aliphatic heterocycles. The van der Waals surface area contributed by atoms with Gasteiger partial charge in [-0.05, 0) is 47.6 Å². The van der Waals surface area contributed by atoms with Crippen molar-refractivity contribution < 1.29 is 4.79 Å². The molecule has 0 unspecified atom stereocenters. The number of nitrogens with one attached hydrogen (secondary N) is 3. The minimum absolute atomic E-state index is 0.113. The van der Waals surface area contributed by atoms with Gasteiger partial charge >= 0.3 is 6.03 Å². The summed E-state index contributed by atoms with van der Waals surface area (Å²) in [5, 5.41) is 10.1. The molecule has 130 valence electrons. The van der Waals surface area contributed by atoms with E-state index in [4.69, 9.17) is 0 Å². The number of pyridine rings is 1. The van der Waals surface area contributed by atoms with Crippen molar-refractivity contribution in [1.82, 2.24) is 20.1 Å². The van der Waals surface area contributed by atoms with E-state index in [0.29, 0.717) is 11.3 Å². The number of hydrogen-bond acceptors (Lipinski definition) is 3. The van der Waals surface area contributed by atoms with E-state index in [1.807, 2.05) is 24.7 Å².